The van der Waals surface area contributed by atoms with Crippen LogP contribution in [0.15, 0.2) is 28.7 Å². The molecule has 2 nitrogen and oxygen atoms in total. The van der Waals surface area contributed by atoms with Gasteiger partial charge in [0.25, 0.3) is 0 Å². The summed E-state index contributed by atoms with van der Waals surface area (Å²) in [6.07, 6.45) is 2.77. The fourth-order valence-electron chi connectivity index (χ4n) is 1.60. The van der Waals surface area contributed by atoms with Crippen molar-refractivity contribution in [3.8, 4) is 0 Å². The van der Waals surface area contributed by atoms with E-state index < -0.39 is 10.8 Å². The first kappa shape index (κ1) is 13.9. The molecule has 16 heavy (non-hydrogen) atoms. The summed E-state index contributed by atoms with van der Waals surface area (Å²) in [4.78, 5) is 0. The largest absolute Gasteiger partial charge is 0.309 e. The van der Waals surface area contributed by atoms with Crippen LogP contribution in [-0.4, -0.2) is 22.8 Å². The smallest absolute Gasteiger partial charge is 0.0357 e. The standard InChI is InChI=1S/C12H18BrNOS/c1-3-12(14-7-8-16(2)15)10-5-4-6-11(13)9-10/h4-6,9,12,14H,3,7-8H2,1-2H3. The third-order valence-corrected chi connectivity index (χ3v) is 3.71. The predicted octanol–water partition coefficient (Wildman–Crippen LogP) is 2.87. The fourth-order valence-corrected chi connectivity index (χ4v) is 2.42. The van der Waals surface area contributed by atoms with Gasteiger partial charge in [-0.05, 0) is 24.1 Å². The zero-order chi connectivity index (χ0) is 12.0. The van der Waals surface area contributed by atoms with E-state index in [1.165, 1.54) is 5.56 Å². The molecule has 1 N–H and O–H groups in total. The number of halogens is 1. The van der Waals surface area contributed by atoms with E-state index in [-0.39, 0.29) is 0 Å². The number of hydrogen-bond acceptors (Lipinski definition) is 2. The maximum atomic E-state index is 11.0. The summed E-state index contributed by atoms with van der Waals surface area (Å²) in [6, 6.07) is 8.67. The second-order valence-corrected chi connectivity index (χ2v) is 6.22. The first-order valence-electron chi connectivity index (χ1n) is 5.42. The summed E-state index contributed by atoms with van der Waals surface area (Å²) < 4.78 is 12.1. The summed E-state index contributed by atoms with van der Waals surface area (Å²) in [5.41, 5.74) is 1.28. The van der Waals surface area contributed by atoms with Gasteiger partial charge in [0.1, 0.15) is 0 Å². The molecule has 0 aromatic heterocycles. The number of rotatable bonds is 6. The van der Waals surface area contributed by atoms with Gasteiger partial charge in [-0.25, -0.2) is 0 Å². The van der Waals surface area contributed by atoms with Crippen LogP contribution in [0.2, 0.25) is 0 Å². The van der Waals surface area contributed by atoms with Gasteiger partial charge in [0, 0.05) is 39.9 Å². The zero-order valence-electron chi connectivity index (χ0n) is 9.70. The molecule has 1 rings (SSSR count). The third-order valence-electron chi connectivity index (χ3n) is 2.44. The molecule has 0 fully saturated rings. The number of hydrogen-bond donors (Lipinski definition) is 1. The Morgan fingerprint density at radius 3 is 2.81 bits per heavy atom. The first-order valence-corrected chi connectivity index (χ1v) is 7.94. The molecule has 0 amide bonds. The Labute approximate surface area is 108 Å². The van der Waals surface area contributed by atoms with Crippen LogP contribution >= 0.6 is 15.9 Å². The highest BCUT2D eigenvalue weighted by Crippen LogP contribution is 2.20. The average molecular weight is 304 g/mol. The van der Waals surface area contributed by atoms with Crippen molar-refractivity contribution in [2.75, 3.05) is 18.6 Å². The van der Waals surface area contributed by atoms with Gasteiger partial charge >= 0.3 is 0 Å². The zero-order valence-corrected chi connectivity index (χ0v) is 12.1. The minimum Gasteiger partial charge on any atom is -0.309 e. The van der Waals surface area contributed by atoms with E-state index in [0.717, 1.165) is 17.4 Å². The van der Waals surface area contributed by atoms with Crippen LogP contribution < -0.4 is 5.32 Å². The van der Waals surface area contributed by atoms with E-state index in [2.05, 4.69) is 40.3 Å². The van der Waals surface area contributed by atoms with E-state index in [1.807, 2.05) is 12.1 Å². The Balaban J connectivity index is 2.57. The van der Waals surface area contributed by atoms with Crippen LogP contribution in [0, 0.1) is 0 Å². The third kappa shape index (κ3) is 4.76. The SMILES string of the molecule is CCC(NCCS(C)=O)c1cccc(Br)c1. The van der Waals surface area contributed by atoms with Crippen LogP contribution in [-0.2, 0) is 10.8 Å². The minimum atomic E-state index is -0.717. The van der Waals surface area contributed by atoms with Crippen molar-refractivity contribution in [1.82, 2.24) is 5.32 Å². The van der Waals surface area contributed by atoms with Crippen LogP contribution in [0.25, 0.3) is 0 Å². The van der Waals surface area contributed by atoms with E-state index in [4.69, 9.17) is 0 Å². The molecule has 2 unspecified atom stereocenters. The topological polar surface area (TPSA) is 29.1 Å². The van der Waals surface area contributed by atoms with Crippen LogP contribution in [0.4, 0.5) is 0 Å². The maximum absolute atomic E-state index is 11.0. The Bertz CT molecular complexity index is 357. The molecule has 0 saturated heterocycles. The van der Waals surface area contributed by atoms with Crippen molar-refractivity contribution in [3.63, 3.8) is 0 Å². The van der Waals surface area contributed by atoms with Crippen molar-refractivity contribution >= 4 is 26.7 Å². The van der Waals surface area contributed by atoms with Crippen LogP contribution in [0.1, 0.15) is 24.9 Å². The first-order chi connectivity index (χ1) is 7.63. The van der Waals surface area contributed by atoms with Gasteiger partial charge in [-0.15, -0.1) is 0 Å². The molecule has 2 atom stereocenters. The van der Waals surface area contributed by atoms with Gasteiger partial charge in [-0.3, -0.25) is 4.21 Å². The summed E-state index contributed by atoms with van der Waals surface area (Å²) in [5, 5.41) is 3.43. The van der Waals surface area contributed by atoms with Crippen LogP contribution in [0.3, 0.4) is 0 Å². The lowest BCUT2D eigenvalue weighted by atomic mass is 10.1. The number of benzene rings is 1. The van der Waals surface area contributed by atoms with Gasteiger partial charge < -0.3 is 5.32 Å². The molecule has 0 aliphatic heterocycles. The highest BCUT2D eigenvalue weighted by Gasteiger charge is 2.08. The lowest BCUT2D eigenvalue weighted by Crippen LogP contribution is -2.25. The van der Waals surface area contributed by atoms with Gasteiger partial charge in [-0.2, -0.15) is 0 Å². The molecule has 90 valence electrons. The molecule has 0 aliphatic carbocycles. The molecule has 1 aromatic rings. The lowest BCUT2D eigenvalue weighted by molar-refractivity contribution is 0.538. The summed E-state index contributed by atoms with van der Waals surface area (Å²) in [6.45, 7) is 2.95. The summed E-state index contributed by atoms with van der Waals surface area (Å²) >= 11 is 3.47. The van der Waals surface area contributed by atoms with Crippen molar-refractivity contribution in [1.29, 1.82) is 0 Å². The molecule has 4 heteroatoms. The van der Waals surface area contributed by atoms with Gasteiger partial charge in [0.2, 0.25) is 0 Å². The van der Waals surface area contributed by atoms with E-state index in [1.54, 1.807) is 6.26 Å². The fraction of sp³-hybridized carbons (Fsp3) is 0.500. The molecule has 0 saturated carbocycles. The second kappa shape index (κ2) is 7.20. The van der Waals surface area contributed by atoms with Crippen molar-refractivity contribution in [2.45, 2.75) is 19.4 Å². The van der Waals surface area contributed by atoms with E-state index >= 15 is 0 Å². The van der Waals surface area contributed by atoms with Gasteiger partial charge in [0.05, 0.1) is 0 Å². The van der Waals surface area contributed by atoms with E-state index in [9.17, 15) is 4.21 Å². The molecule has 0 aliphatic rings. The molecule has 0 spiro atoms. The highest BCUT2D eigenvalue weighted by atomic mass is 79.9. The Hall–Kier alpha value is -0.190. The monoisotopic (exact) mass is 303 g/mol. The predicted molar refractivity (Wildman–Crippen MR) is 74.1 cm³/mol. The molecule has 0 heterocycles. The molecule has 0 radical (unpaired) electrons. The Morgan fingerprint density at radius 1 is 1.50 bits per heavy atom. The van der Waals surface area contributed by atoms with Crippen molar-refractivity contribution in [3.05, 3.63) is 34.3 Å². The molecule has 1 aromatic carbocycles. The summed E-state index contributed by atoms with van der Waals surface area (Å²) in [5.74, 6) is 0.713. The highest BCUT2D eigenvalue weighted by molar-refractivity contribution is 9.10. The minimum absolute atomic E-state index is 0.348. The van der Waals surface area contributed by atoms with E-state index in [0.29, 0.717) is 11.8 Å². The quantitative estimate of drug-likeness (QED) is 0.875. The Kier molecular flexibility index (Phi) is 6.24. The van der Waals surface area contributed by atoms with Crippen molar-refractivity contribution < 1.29 is 4.21 Å². The van der Waals surface area contributed by atoms with Gasteiger partial charge in [0.15, 0.2) is 0 Å². The second-order valence-electron chi connectivity index (χ2n) is 3.75. The van der Waals surface area contributed by atoms with Crippen molar-refractivity contribution in [2.24, 2.45) is 0 Å². The summed E-state index contributed by atoms with van der Waals surface area (Å²) in [7, 11) is -0.717. The van der Waals surface area contributed by atoms with Crippen LogP contribution in [0.5, 0.6) is 0 Å². The molecule has 0 bridgehead atoms. The molecular weight excluding hydrogens is 286 g/mol. The average Bonchev–Trinajstić information content (AvgIpc) is 2.24. The maximum Gasteiger partial charge on any atom is 0.0357 e. The lowest BCUT2D eigenvalue weighted by Gasteiger charge is -2.17. The Morgan fingerprint density at radius 2 is 2.25 bits per heavy atom. The van der Waals surface area contributed by atoms with Gasteiger partial charge in [-0.1, -0.05) is 35.0 Å². The number of nitrogens with one attached hydrogen (secondary N) is 1. The molecular formula is C12H18BrNOS. The normalized spacial score (nSPS) is 14.7.